The summed E-state index contributed by atoms with van der Waals surface area (Å²) >= 11 is 1.58. The highest BCUT2D eigenvalue weighted by molar-refractivity contribution is 7.13. The molecule has 0 saturated carbocycles. The minimum absolute atomic E-state index is 0.447. The molecule has 0 amide bonds. The van der Waals surface area contributed by atoms with Crippen molar-refractivity contribution in [3.63, 3.8) is 0 Å². The van der Waals surface area contributed by atoms with Gasteiger partial charge in [0, 0.05) is 18.0 Å². The fourth-order valence-electron chi connectivity index (χ4n) is 1.91. The molecule has 7 heteroatoms. The van der Waals surface area contributed by atoms with Crippen LogP contribution in [-0.4, -0.2) is 22.2 Å². The molecule has 0 radical (unpaired) electrons. The molecule has 0 spiro atoms. The molecule has 3 rings (SSSR count). The van der Waals surface area contributed by atoms with Crippen LogP contribution in [0.25, 0.3) is 11.5 Å². The van der Waals surface area contributed by atoms with Crippen LogP contribution in [0, 0.1) is 18.3 Å². The van der Waals surface area contributed by atoms with Crippen molar-refractivity contribution < 1.29 is 4.42 Å². The first-order chi connectivity index (χ1) is 10.7. The molecule has 6 nitrogen and oxygen atoms in total. The van der Waals surface area contributed by atoms with Crippen molar-refractivity contribution in [1.29, 1.82) is 5.26 Å². The maximum atomic E-state index is 8.80. The number of benzene rings is 1. The third-order valence-corrected chi connectivity index (χ3v) is 4.11. The zero-order chi connectivity index (χ0) is 15.5. The van der Waals surface area contributed by atoms with E-state index in [1.807, 2.05) is 24.3 Å². The van der Waals surface area contributed by atoms with Gasteiger partial charge >= 0.3 is 0 Å². The highest BCUT2D eigenvalue weighted by Crippen LogP contribution is 2.22. The van der Waals surface area contributed by atoms with Crippen LogP contribution in [0.5, 0.6) is 0 Å². The minimum Gasteiger partial charge on any atom is -0.419 e. The van der Waals surface area contributed by atoms with E-state index < -0.39 is 0 Å². The molecule has 1 aromatic carbocycles. The molecule has 0 N–H and O–H groups in total. The lowest BCUT2D eigenvalue weighted by atomic mass is 10.1. The van der Waals surface area contributed by atoms with E-state index >= 15 is 0 Å². The number of aryl methyl sites for hydroxylation is 1. The Hall–Kier alpha value is -2.72. The van der Waals surface area contributed by atoms with E-state index in [4.69, 9.17) is 9.68 Å². The summed E-state index contributed by atoms with van der Waals surface area (Å²) in [7, 11) is 1.93. The number of rotatable bonds is 4. The first-order valence-corrected chi connectivity index (χ1v) is 7.50. The average Bonchev–Trinajstić information content (AvgIpc) is 3.16. The molecular formula is C15H13N5OS. The van der Waals surface area contributed by atoms with Gasteiger partial charge in [-0.25, -0.2) is 4.98 Å². The summed E-state index contributed by atoms with van der Waals surface area (Å²) in [4.78, 5) is 6.38. The topological polar surface area (TPSA) is 78.8 Å². The number of anilines is 1. The molecule has 110 valence electrons. The summed E-state index contributed by atoms with van der Waals surface area (Å²) < 4.78 is 5.67. The maximum Gasteiger partial charge on any atom is 0.247 e. The van der Waals surface area contributed by atoms with E-state index in [2.05, 4.69) is 21.3 Å². The predicted octanol–water partition coefficient (Wildman–Crippen LogP) is 3.01. The number of nitriles is 1. The van der Waals surface area contributed by atoms with Gasteiger partial charge in [0.1, 0.15) is 0 Å². The van der Waals surface area contributed by atoms with Crippen LogP contribution in [0.3, 0.4) is 0 Å². The molecule has 2 aromatic heterocycles. The molecule has 0 aliphatic heterocycles. The van der Waals surface area contributed by atoms with Gasteiger partial charge in [0.05, 0.1) is 23.9 Å². The van der Waals surface area contributed by atoms with Gasteiger partial charge in [0.15, 0.2) is 5.13 Å². The Bertz CT molecular complexity index is 815. The fraction of sp³-hybridized carbons (Fsp3) is 0.200. The lowest BCUT2D eigenvalue weighted by Gasteiger charge is -2.12. The second kappa shape index (κ2) is 5.95. The van der Waals surface area contributed by atoms with Crippen molar-refractivity contribution >= 4 is 16.5 Å². The number of hydrogen-bond acceptors (Lipinski definition) is 7. The summed E-state index contributed by atoms with van der Waals surface area (Å²) in [6.07, 6.45) is 0. The molecule has 0 bridgehead atoms. The molecule has 0 aliphatic rings. The standard InChI is InChI=1S/C15H13N5OS/c1-10-9-22-15(17-10)20(2)8-13-18-19-14(21-13)12-5-3-11(7-16)4-6-12/h3-6,9H,8H2,1-2H3. The van der Waals surface area contributed by atoms with E-state index in [1.165, 1.54) is 0 Å². The van der Waals surface area contributed by atoms with Gasteiger partial charge in [-0.1, -0.05) is 0 Å². The number of nitrogens with zero attached hydrogens (tertiary/aromatic N) is 5. The van der Waals surface area contributed by atoms with E-state index in [0.29, 0.717) is 23.9 Å². The van der Waals surface area contributed by atoms with Crippen molar-refractivity contribution in [3.05, 3.63) is 46.8 Å². The molecule has 0 aliphatic carbocycles. The Morgan fingerprint density at radius 2 is 2.05 bits per heavy atom. The van der Waals surface area contributed by atoms with Crippen LogP contribution in [0.2, 0.25) is 0 Å². The average molecular weight is 311 g/mol. The van der Waals surface area contributed by atoms with Gasteiger partial charge < -0.3 is 9.32 Å². The predicted molar refractivity (Wildman–Crippen MR) is 83.4 cm³/mol. The number of hydrogen-bond donors (Lipinski definition) is 0. The summed E-state index contributed by atoms with van der Waals surface area (Å²) in [5.74, 6) is 0.970. The Morgan fingerprint density at radius 1 is 1.27 bits per heavy atom. The zero-order valence-corrected chi connectivity index (χ0v) is 13.0. The van der Waals surface area contributed by atoms with Crippen LogP contribution < -0.4 is 4.90 Å². The summed E-state index contributed by atoms with van der Waals surface area (Å²) in [6, 6.07) is 9.12. The second-order valence-corrected chi connectivity index (χ2v) is 5.65. The van der Waals surface area contributed by atoms with Crippen molar-refractivity contribution in [2.24, 2.45) is 0 Å². The van der Waals surface area contributed by atoms with Crippen molar-refractivity contribution in [2.75, 3.05) is 11.9 Å². The third-order valence-electron chi connectivity index (χ3n) is 3.03. The van der Waals surface area contributed by atoms with E-state index in [9.17, 15) is 0 Å². The van der Waals surface area contributed by atoms with Crippen LogP contribution in [0.4, 0.5) is 5.13 Å². The SMILES string of the molecule is Cc1csc(N(C)Cc2nnc(-c3ccc(C#N)cc3)o2)n1. The van der Waals surface area contributed by atoms with Gasteiger partial charge in [0.2, 0.25) is 11.8 Å². The van der Waals surface area contributed by atoms with Gasteiger partial charge in [-0.05, 0) is 31.2 Å². The maximum absolute atomic E-state index is 8.80. The Morgan fingerprint density at radius 3 is 2.68 bits per heavy atom. The lowest BCUT2D eigenvalue weighted by Crippen LogP contribution is -2.16. The van der Waals surface area contributed by atoms with Gasteiger partial charge in [-0.15, -0.1) is 21.5 Å². The first-order valence-electron chi connectivity index (χ1n) is 6.62. The smallest absolute Gasteiger partial charge is 0.247 e. The molecule has 22 heavy (non-hydrogen) atoms. The van der Waals surface area contributed by atoms with Crippen LogP contribution >= 0.6 is 11.3 Å². The van der Waals surface area contributed by atoms with Crippen molar-refractivity contribution in [1.82, 2.24) is 15.2 Å². The van der Waals surface area contributed by atoms with Crippen molar-refractivity contribution in [3.8, 4) is 17.5 Å². The van der Waals surface area contributed by atoms with Gasteiger partial charge in [0.25, 0.3) is 0 Å². The lowest BCUT2D eigenvalue weighted by molar-refractivity contribution is 0.503. The van der Waals surface area contributed by atoms with Gasteiger partial charge in [-0.2, -0.15) is 5.26 Å². The Kier molecular flexibility index (Phi) is 3.85. The van der Waals surface area contributed by atoms with Crippen molar-refractivity contribution in [2.45, 2.75) is 13.5 Å². The summed E-state index contributed by atoms with van der Waals surface area (Å²) in [5.41, 5.74) is 2.39. The fourth-order valence-corrected chi connectivity index (χ4v) is 2.68. The molecular weight excluding hydrogens is 298 g/mol. The highest BCUT2D eigenvalue weighted by atomic mass is 32.1. The molecule has 0 unspecified atom stereocenters. The highest BCUT2D eigenvalue weighted by Gasteiger charge is 2.12. The monoisotopic (exact) mass is 311 g/mol. The van der Waals surface area contributed by atoms with E-state index in [-0.39, 0.29) is 0 Å². The molecule has 2 heterocycles. The largest absolute Gasteiger partial charge is 0.419 e. The molecule has 0 atom stereocenters. The summed E-state index contributed by atoms with van der Waals surface area (Å²) in [6.45, 7) is 2.46. The quantitative estimate of drug-likeness (QED) is 0.737. The minimum atomic E-state index is 0.447. The number of thiazole rings is 1. The molecule has 0 fully saturated rings. The summed E-state index contributed by atoms with van der Waals surface area (Å²) in [5, 5.41) is 19.8. The Balaban J connectivity index is 1.74. The normalized spacial score (nSPS) is 10.4. The molecule has 0 saturated heterocycles. The van der Waals surface area contributed by atoms with E-state index in [0.717, 1.165) is 16.4 Å². The first kappa shape index (κ1) is 14.2. The zero-order valence-electron chi connectivity index (χ0n) is 12.1. The number of aromatic nitrogens is 3. The third kappa shape index (κ3) is 2.97. The van der Waals surface area contributed by atoms with Crippen LogP contribution in [-0.2, 0) is 6.54 Å². The molecule has 3 aromatic rings. The Labute approximate surface area is 131 Å². The second-order valence-electron chi connectivity index (χ2n) is 4.82. The van der Waals surface area contributed by atoms with Gasteiger partial charge in [-0.3, -0.25) is 0 Å². The van der Waals surface area contributed by atoms with E-state index in [1.54, 1.807) is 35.6 Å². The van der Waals surface area contributed by atoms with Crippen LogP contribution in [0.15, 0.2) is 34.1 Å². The van der Waals surface area contributed by atoms with Crippen LogP contribution in [0.1, 0.15) is 17.1 Å².